The summed E-state index contributed by atoms with van der Waals surface area (Å²) < 4.78 is 7.09. The third-order valence-corrected chi connectivity index (χ3v) is 5.15. The van der Waals surface area contributed by atoms with Crippen molar-refractivity contribution in [3.63, 3.8) is 0 Å². The summed E-state index contributed by atoms with van der Waals surface area (Å²) in [5, 5.41) is 0. The highest BCUT2D eigenvalue weighted by atomic mass is 16.5. The van der Waals surface area contributed by atoms with Crippen LogP contribution in [-0.4, -0.2) is 47.6 Å². The maximum absolute atomic E-state index is 12.4. The molecule has 0 N–H and O–H groups in total. The predicted molar refractivity (Wildman–Crippen MR) is 111 cm³/mol. The molecule has 0 aliphatic carbocycles. The van der Waals surface area contributed by atoms with Crippen molar-refractivity contribution in [2.75, 3.05) is 38.3 Å². The van der Waals surface area contributed by atoms with Crippen molar-refractivity contribution in [2.45, 2.75) is 20.0 Å². The molecular weight excluding hydrogens is 352 g/mol. The molecule has 28 heavy (non-hydrogen) atoms. The fourth-order valence-electron chi connectivity index (χ4n) is 3.77. The van der Waals surface area contributed by atoms with Crippen molar-refractivity contribution in [3.8, 4) is 0 Å². The Morgan fingerprint density at radius 3 is 2.71 bits per heavy atom. The average molecular weight is 378 g/mol. The quantitative estimate of drug-likeness (QED) is 0.683. The van der Waals surface area contributed by atoms with Crippen LogP contribution in [0.4, 0.5) is 5.69 Å². The first kappa shape index (κ1) is 18.7. The highest BCUT2D eigenvalue weighted by Crippen LogP contribution is 2.23. The van der Waals surface area contributed by atoms with Crippen LogP contribution in [0.3, 0.4) is 0 Å². The fourth-order valence-corrected chi connectivity index (χ4v) is 3.77. The van der Waals surface area contributed by atoms with Crippen molar-refractivity contribution in [3.05, 3.63) is 75.8 Å². The van der Waals surface area contributed by atoms with Gasteiger partial charge in [0.1, 0.15) is 5.65 Å². The van der Waals surface area contributed by atoms with Crippen LogP contribution in [0.15, 0.2) is 53.5 Å². The molecule has 4 rings (SSSR count). The monoisotopic (exact) mass is 378 g/mol. The van der Waals surface area contributed by atoms with Crippen LogP contribution in [0.25, 0.3) is 5.65 Å². The van der Waals surface area contributed by atoms with E-state index in [1.165, 1.54) is 11.3 Å². The first-order chi connectivity index (χ1) is 13.6. The number of rotatable bonds is 5. The fraction of sp³-hybridized carbons (Fsp3) is 0.364. The Hall–Kier alpha value is -2.70. The first-order valence-corrected chi connectivity index (χ1v) is 9.69. The molecule has 0 bridgehead atoms. The maximum atomic E-state index is 12.4. The number of nitrogens with zero attached hydrogens (tertiary/aromatic N) is 4. The van der Waals surface area contributed by atoms with Crippen molar-refractivity contribution < 1.29 is 4.74 Å². The number of hydrogen-bond donors (Lipinski definition) is 0. The minimum absolute atomic E-state index is 0.0363. The van der Waals surface area contributed by atoms with Crippen molar-refractivity contribution in [1.29, 1.82) is 0 Å². The Balaban J connectivity index is 1.54. The zero-order chi connectivity index (χ0) is 19.5. The van der Waals surface area contributed by atoms with Gasteiger partial charge in [-0.05, 0) is 37.2 Å². The highest BCUT2D eigenvalue weighted by molar-refractivity contribution is 5.54. The number of hydrogen-bond acceptors (Lipinski definition) is 5. The van der Waals surface area contributed by atoms with Gasteiger partial charge in [-0.25, -0.2) is 4.98 Å². The van der Waals surface area contributed by atoms with E-state index in [0.717, 1.165) is 49.8 Å². The van der Waals surface area contributed by atoms with E-state index in [9.17, 15) is 4.79 Å². The Bertz CT molecular complexity index is 1020. The van der Waals surface area contributed by atoms with Crippen LogP contribution < -0.4 is 10.5 Å². The largest absolute Gasteiger partial charge is 0.378 e. The van der Waals surface area contributed by atoms with Gasteiger partial charge < -0.3 is 9.64 Å². The molecule has 6 heteroatoms. The van der Waals surface area contributed by atoms with Crippen LogP contribution in [0.2, 0.25) is 0 Å². The first-order valence-electron chi connectivity index (χ1n) is 9.69. The van der Waals surface area contributed by atoms with E-state index in [1.807, 2.05) is 19.1 Å². The molecule has 0 amide bonds. The molecule has 0 atom stereocenters. The van der Waals surface area contributed by atoms with Gasteiger partial charge in [0.25, 0.3) is 5.56 Å². The molecule has 1 aliphatic heterocycles. The Morgan fingerprint density at radius 2 is 1.89 bits per heavy atom. The van der Waals surface area contributed by atoms with Gasteiger partial charge in [-0.2, -0.15) is 0 Å². The number of para-hydroxylation sites is 1. The van der Waals surface area contributed by atoms with Gasteiger partial charge in [-0.1, -0.05) is 24.3 Å². The van der Waals surface area contributed by atoms with Crippen LogP contribution in [-0.2, 0) is 17.8 Å². The predicted octanol–water partition coefficient (Wildman–Crippen LogP) is 2.47. The lowest BCUT2D eigenvalue weighted by atomic mass is 10.1. The second-order valence-electron chi connectivity index (χ2n) is 7.37. The standard InChI is InChI=1S/C22H26N4O2/c1-17-6-5-9-26-21(27)14-19(23-22(17)26)16-24(2)15-18-7-3-4-8-20(18)25-10-12-28-13-11-25/h3-9,14H,10-13,15-16H2,1-2H3. The molecule has 1 aliphatic rings. The second kappa shape index (κ2) is 8.12. The minimum atomic E-state index is -0.0363. The van der Waals surface area contributed by atoms with Crippen molar-refractivity contribution in [2.24, 2.45) is 0 Å². The molecule has 1 aromatic carbocycles. The van der Waals surface area contributed by atoms with Crippen LogP contribution >= 0.6 is 0 Å². The Morgan fingerprint density at radius 1 is 1.11 bits per heavy atom. The number of pyridine rings is 1. The molecule has 0 unspecified atom stereocenters. The van der Waals surface area contributed by atoms with E-state index >= 15 is 0 Å². The highest BCUT2D eigenvalue weighted by Gasteiger charge is 2.15. The summed E-state index contributed by atoms with van der Waals surface area (Å²) in [5.74, 6) is 0. The third kappa shape index (κ3) is 3.93. The molecule has 1 saturated heterocycles. The molecule has 146 valence electrons. The summed E-state index contributed by atoms with van der Waals surface area (Å²) in [5.41, 5.74) is 5.03. The third-order valence-electron chi connectivity index (χ3n) is 5.15. The molecule has 6 nitrogen and oxygen atoms in total. The zero-order valence-corrected chi connectivity index (χ0v) is 16.5. The lowest BCUT2D eigenvalue weighted by Gasteiger charge is -2.31. The number of fused-ring (bicyclic) bond motifs is 1. The number of morpholine rings is 1. The van der Waals surface area contributed by atoms with Gasteiger partial charge in [-0.15, -0.1) is 0 Å². The van der Waals surface area contributed by atoms with Gasteiger partial charge in [0, 0.05) is 44.1 Å². The molecule has 1 fully saturated rings. The molecule has 3 aromatic rings. The molecule has 3 heterocycles. The van der Waals surface area contributed by atoms with Gasteiger partial charge in [0.2, 0.25) is 0 Å². The summed E-state index contributed by atoms with van der Waals surface area (Å²) in [4.78, 5) is 21.8. The van der Waals surface area contributed by atoms with Gasteiger partial charge >= 0.3 is 0 Å². The summed E-state index contributed by atoms with van der Waals surface area (Å²) in [7, 11) is 2.07. The number of ether oxygens (including phenoxy) is 1. The van der Waals surface area contributed by atoms with Crippen molar-refractivity contribution in [1.82, 2.24) is 14.3 Å². The number of benzene rings is 1. The smallest absolute Gasteiger partial charge is 0.258 e. The van der Waals surface area contributed by atoms with Gasteiger partial charge in [0.15, 0.2) is 0 Å². The van der Waals surface area contributed by atoms with E-state index in [1.54, 1.807) is 16.7 Å². The van der Waals surface area contributed by atoms with E-state index < -0.39 is 0 Å². The second-order valence-corrected chi connectivity index (χ2v) is 7.37. The molecular formula is C22H26N4O2. The number of anilines is 1. The SMILES string of the molecule is Cc1cccn2c(=O)cc(CN(C)Cc3ccccc3N3CCOCC3)nc12. The summed E-state index contributed by atoms with van der Waals surface area (Å²) in [6.07, 6.45) is 1.77. The average Bonchev–Trinajstić information content (AvgIpc) is 2.70. The lowest BCUT2D eigenvalue weighted by molar-refractivity contribution is 0.122. The van der Waals surface area contributed by atoms with Crippen molar-refractivity contribution >= 4 is 11.3 Å². The van der Waals surface area contributed by atoms with Crippen LogP contribution in [0, 0.1) is 6.92 Å². The van der Waals surface area contributed by atoms with Gasteiger partial charge in [-0.3, -0.25) is 14.1 Å². The van der Waals surface area contributed by atoms with E-state index in [4.69, 9.17) is 9.72 Å². The number of aromatic nitrogens is 2. The van der Waals surface area contributed by atoms with Gasteiger partial charge in [0.05, 0.1) is 18.9 Å². The molecule has 2 aromatic heterocycles. The lowest BCUT2D eigenvalue weighted by Crippen LogP contribution is -2.37. The normalized spacial score (nSPS) is 14.8. The molecule has 0 radical (unpaired) electrons. The summed E-state index contributed by atoms with van der Waals surface area (Å²) in [6, 6.07) is 14.0. The summed E-state index contributed by atoms with van der Waals surface area (Å²) in [6.45, 7) is 6.78. The molecule has 0 spiro atoms. The molecule has 0 saturated carbocycles. The van der Waals surface area contributed by atoms with Crippen LogP contribution in [0.1, 0.15) is 16.8 Å². The zero-order valence-electron chi connectivity index (χ0n) is 16.5. The van der Waals surface area contributed by atoms with E-state index in [0.29, 0.717) is 6.54 Å². The summed E-state index contributed by atoms with van der Waals surface area (Å²) >= 11 is 0. The Labute approximate surface area is 165 Å². The Kier molecular flexibility index (Phi) is 5.41. The van der Waals surface area contributed by atoms with E-state index in [-0.39, 0.29) is 5.56 Å². The number of aryl methyl sites for hydroxylation is 1. The topological polar surface area (TPSA) is 50.1 Å². The minimum Gasteiger partial charge on any atom is -0.378 e. The maximum Gasteiger partial charge on any atom is 0.258 e. The van der Waals surface area contributed by atoms with E-state index in [2.05, 4.69) is 41.1 Å². The van der Waals surface area contributed by atoms with Crippen LogP contribution in [0.5, 0.6) is 0 Å².